The van der Waals surface area contributed by atoms with Gasteiger partial charge in [-0.05, 0) is 48.6 Å². The van der Waals surface area contributed by atoms with Gasteiger partial charge in [-0.3, -0.25) is 4.79 Å². The third-order valence-corrected chi connectivity index (χ3v) is 5.02. The number of fused-ring (bicyclic) bond motifs is 1. The van der Waals surface area contributed by atoms with E-state index in [1.54, 1.807) is 14.2 Å². The van der Waals surface area contributed by atoms with Crippen LogP contribution in [0.5, 0.6) is 11.5 Å². The maximum absolute atomic E-state index is 12.9. The van der Waals surface area contributed by atoms with Crippen LogP contribution in [0.25, 0.3) is 0 Å². The molecule has 1 unspecified atom stereocenters. The summed E-state index contributed by atoms with van der Waals surface area (Å²) in [5, 5.41) is 0. The molecule has 2 aromatic carbocycles. The Labute approximate surface area is 154 Å². The van der Waals surface area contributed by atoms with Crippen LogP contribution in [-0.2, 0) is 17.6 Å². The van der Waals surface area contributed by atoms with Crippen LogP contribution in [0.3, 0.4) is 0 Å². The Balaban J connectivity index is 1.75. The van der Waals surface area contributed by atoms with Gasteiger partial charge in [-0.2, -0.15) is 0 Å². The standard InChI is InChI=1S/C21H26N2O3/c1-14-4-6-15(7-5-14)20(22)21(24)23-10-8-16-12-18(25-2)19(26-3)13-17(16)9-11-23/h4-7,12-13,20H,8-11,22H2,1-3H3. The second-order valence-electron chi connectivity index (χ2n) is 6.69. The number of amides is 1. The van der Waals surface area contributed by atoms with Crippen LogP contribution in [0.15, 0.2) is 36.4 Å². The Morgan fingerprint density at radius 2 is 1.50 bits per heavy atom. The second kappa shape index (κ2) is 7.79. The van der Waals surface area contributed by atoms with Crippen molar-refractivity contribution in [3.05, 3.63) is 58.7 Å². The van der Waals surface area contributed by atoms with Gasteiger partial charge in [-0.15, -0.1) is 0 Å². The molecule has 1 amide bonds. The topological polar surface area (TPSA) is 64.8 Å². The number of nitrogens with zero attached hydrogens (tertiary/aromatic N) is 1. The first-order valence-electron chi connectivity index (χ1n) is 8.88. The lowest BCUT2D eigenvalue weighted by atomic mass is 10.0. The Kier molecular flexibility index (Phi) is 5.47. The molecule has 1 heterocycles. The summed E-state index contributed by atoms with van der Waals surface area (Å²) in [5.74, 6) is 1.42. The molecule has 0 bridgehead atoms. The van der Waals surface area contributed by atoms with Gasteiger partial charge in [-0.25, -0.2) is 0 Å². The molecule has 0 spiro atoms. The lowest BCUT2D eigenvalue weighted by Gasteiger charge is -2.24. The van der Waals surface area contributed by atoms with E-state index in [0.29, 0.717) is 13.1 Å². The maximum atomic E-state index is 12.9. The smallest absolute Gasteiger partial charge is 0.244 e. The fourth-order valence-electron chi connectivity index (χ4n) is 3.38. The number of methoxy groups -OCH3 is 2. The predicted octanol–water partition coefficient (Wildman–Crippen LogP) is 2.64. The molecule has 3 rings (SSSR count). The first-order chi connectivity index (χ1) is 12.5. The van der Waals surface area contributed by atoms with Crippen molar-refractivity contribution >= 4 is 5.91 Å². The second-order valence-corrected chi connectivity index (χ2v) is 6.69. The Hall–Kier alpha value is -2.53. The number of ether oxygens (including phenoxy) is 2. The molecule has 0 saturated carbocycles. The monoisotopic (exact) mass is 354 g/mol. The normalized spacial score (nSPS) is 15.0. The van der Waals surface area contributed by atoms with Crippen molar-refractivity contribution in [1.29, 1.82) is 0 Å². The summed E-state index contributed by atoms with van der Waals surface area (Å²) < 4.78 is 10.8. The van der Waals surface area contributed by atoms with Crippen LogP contribution in [0.2, 0.25) is 0 Å². The third kappa shape index (κ3) is 3.68. The van der Waals surface area contributed by atoms with Crippen molar-refractivity contribution in [2.45, 2.75) is 25.8 Å². The molecule has 1 aliphatic rings. The van der Waals surface area contributed by atoms with E-state index < -0.39 is 6.04 Å². The molecule has 0 aliphatic carbocycles. The minimum absolute atomic E-state index is 0.0272. The van der Waals surface area contributed by atoms with Crippen LogP contribution < -0.4 is 15.2 Å². The number of carbonyl (C=O) groups is 1. The number of benzene rings is 2. The molecular weight excluding hydrogens is 328 g/mol. The van der Waals surface area contributed by atoms with Crippen molar-refractivity contribution in [3.63, 3.8) is 0 Å². The molecular formula is C21H26N2O3. The summed E-state index contributed by atoms with van der Waals surface area (Å²) in [7, 11) is 3.27. The third-order valence-electron chi connectivity index (χ3n) is 5.02. The maximum Gasteiger partial charge on any atom is 0.244 e. The van der Waals surface area contributed by atoms with Crippen LogP contribution in [0.1, 0.15) is 28.3 Å². The van der Waals surface area contributed by atoms with Gasteiger partial charge in [0.2, 0.25) is 5.91 Å². The largest absolute Gasteiger partial charge is 0.493 e. The summed E-state index contributed by atoms with van der Waals surface area (Å²) in [6.07, 6.45) is 1.56. The average Bonchev–Trinajstić information content (AvgIpc) is 2.88. The van der Waals surface area contributed by atoms with E-state index in [2.05, 4.69) is 0 Å². The number of hydrogen-bond acceptors (Lipinski definition) is 4. The van der Waals surface area contributed by atoms with Gasteiger partial charge in [0.05, 0.1) is 14.2 Å². The van der Waals surface area contributed by atoms with Gasteiger partial charge in [0.15, 0.2) is 11.5 Å². The van der Waals surface area contributed by atoms with Crippen molar-refractivity contribution in [3.8, 4) is 11.5 Å². The number of rotatable bonds is 4. The first-order valence-corrected chi connectivity index (χ1v) is 8.88. The van der Waals surface area contributed by atoms with E-state index in [9.17, 15) is 4.79 Å². The van der Waals surface area contributed by atoms with E-state index in [4.69, 9.17) is 15.2 Å². The highest BCUT2D eigenvalue weighted by Gasteiger charge is 2.25. The average molecular weight is 354 g/mol. The molecule has 138 valence electrons. The SMILES string of the molecule is COc1cc2c(cc1OC)CCN(C(=O)C(N)c1ccc(C)cc1)CC2. The first kappa shape index (κ1) is 18.3. The fourth-order valence-corrected chi connectivity index (χ4v) is 3.38. The Bertz CT molecular complexity index is 752. The minimum atomic E-state index is -0.624. The van der Waals surface area contributed by atoms with Gasteiger partial charge < -0.3 is 20.1 Å². The van der Waals surface area contributed by atoms with Crippen molar-refractivity contribution in [2.75, 3.05) is 27.3 Å². The van der Waals surface area contributed by atoms with E-state index in [1.807, 2.05) is 48.2 Å². The van der Waals surface area contributed by atoms with Gasteiger partial charge in [0, 0.05) is 13.1 Å². The van der Waals surface area contributed by atoms with Crippen LogP contribution in [0.4, 0.5) is 0 Å². The molecule has 2 aromatic rings. The highest BCUT2D eigenvalue weighted by atomic mass is 16.5. The van der Waals surface area contributed by atoms with E-state index in [1.165, 1.54) is 11.1 Å². The molecule has 26 heavy (non-hydrogen) atoms. The lowest BCUT2D eigenvalue weighted by molar-refractivity contribution is -0.132. The van der Waals surface area contributed by atoms with Crippen molar-refractivity contribution < 1.29 is 14.3 Å². The number of carbonyl (C=O) groups excluding carboxylic acids is 1. The predicted molar refractivity (Wildman–Crippen MR) is 102 cm³/mol. The highest BCUT2D eigenvalue weighted by Crippen LogP contribution is 2.32. The molecule has 0 saturated heterocycles. The van der Waals surface area contributed by atoms with E-state index >= 15 is 0 Å². The molecule has 1 aliphatic heterocycles. The van der Waals surface area contributed by atoms with Crippen LogP contribution >= 0.6 is 0 Å². The molecule has 0 fully saturated rings. The Morgan fingerprint density at radius 1 is 1.00 bits per heavy atom. The van der Waals surface area contributed by atoms with Gasteiger partial charge >= 0.3 is 0 Å². The minimum Gasteiger partial charge on any atom is -0.493 e. The molecule has 5 nitrogen and oxygen atoms in total. The van der Waals surface area contributed by atoms with Crippen LogP contribution in [0, 0.1) is 6.92 Å². The van der Waals surface area contributed by atoms with E-state index in [-0.39, 0.29) is 5.91 Å². The van der Waals surface area contributed by atoms with Crippen molar-refractivity contribution in [2.24, 2.45) is 5.73 Å². The highest BCUT2D eigenvalue weighted by molar-refractivity contribution is 5.83. The van der Waals surface area contributed by atoms with Gasteiger partial charge in [-0.1, -0.05) is 29.8 Å². The summed E-state index contributed by atoms with van der Waals surface area (Å²) in [5.41, 5.74) is 10.6. The van der Waals surface area contributed by atoms with E-state index in [0.717, 1.165) is 35.5 Å². The van der Waals surface area contributed by atoms with Gasteiger partial charge in [0.1, 0.15) is 6.04 Å². The summed E-state index contributed by atoms with van der Waals surface area (Å²) in [6, 6.07) is 11.2. The Morgan fingerprint density at radius 3 is 1.96 bits per heavy atom. The van der Waals surface area contributed by atoms with Crippen molar-refractivity contribution in [1.82, 2.24) is 4.90 Å². The van der Waals surface area contributed by atoms with Gasteiger partial charge in [0.25, 0.3) is 0 Å². The zero-order valence-electron chi connectivity index (χ0n) is 15.6. The number of hydrogen-bond donors (Lipinski definition) is 1. The molecule has 1 atom stereocenters. The van der Waals surface area contributed by atoms with Crippen LogP contribution in [-0.4, -0.2) is 38.1 Å². The number of nitrogens with two attached hydrogens (primary N) is 1. The quantitative estimate of drug-likeness (QED) is 0.917. The fraction of sp³-hybridized carbons (Fsp3) is 0.381. The molecule has 0 radical (unpaired) electrons. The summed E-state index contributed by atoms with van der Waals surface area (Å²) in [4.78, 5) is 14.7. The molecule has 5 heteroatoms. The zero-order valence-corrected chi connectivity index (χ0v) is 15.6. The summed E-state index contributed by atoms with van der Waals surface area (Å²) in [6.45, 7) is 3.33. The lowest BCUT2D eigenvalue weighted by Crippen LogP contribution is -2.40. The molecule has 2 N–H and O–H groups in total. The summed E-state index contributed by atoms with van der Waals surface area (Å²) >= 11 is 0. The zero-order chi connectivity index (χ0) is 18.7. The number of aryl methyl sites for hydroxylation is 1. The molecule has 0 aromatic heterocycles.